The van der Waals surface area contributed by atoms with Crippen molar-refractivity contribution in [1.82, 2.24) is 0 Å². The molecule has 0 saturated heterocycles. The minimum atomic E-state index is 0. The molecule has 0 heterocycles. The van der Waals surface area contributed by atoms with Gasteiger partial charge in [0.15, 0.2) is 0 Å². The molecule has 0 rings (SSSR count). The van der Waals surface area contributed by atoms with Gasteiger partial charge in [0.2, 0.25) is 0 Å². The molecule has 6 heavy (non-hydrogen) atoms. The van der Waals surface area contributed by atoms with Crippen molar-refractivity contribution in [1.29, 1.82) is 0 Å². The van der Waals surface area contributed by atoms with E-state index in [-0.39, 0.29) is 35.9 Å². The molecule has 38 valence electrons. The second-order valence-electron chi connectivity index (χ2n) is 0. The summed E-state index contributed by atoms with van der Waals surface area (Å²) in [5, 5.41) is 0. The van der Waals surface area contributed by atoms with Gasteiger partial charge in [-0.25, -0.2) is 0 Å². The maximum atomic E-state index is 3.25. The minimum Gasteiger partial charge on any atom is -0.346 e. The molecule has 0 aromatic carbocycles. The van der Waals surface area contributed by atoms with Crippen LogP contribution in [0.25, 0.3) is 0 Å². The van der Waals surface area contributed by atoms with Crippen LogP contribution < -0.4 is 18.9 Å². The van der Waals surface area contributed by atoms with Gasteiger partial charge in [0.25, 0.3) is 0 Å². The second-order valence-corrected chi connectivity index (χ2v) is 0. The third-order valence-electron chi connectivity index (χ3n) is 0. The first-order valence-electron chi connectivity index (χ1n) is 1.41. The minimum absolute atomic E-state index is 0. The van der Waals surface area contributed by atoms with Gasteiger partial charge < -0.3 is 13.8 Å². The van der Waals surface area contributed by atoms with E-state index < -0.39 is 0 Å². The van der Waals surface area contributed by atoms with Crippen molar-refractivity contribution in [3.63, 3.8) is 0 Å². The molecular weight excluding hydrogens is 119 g/mol. The van der Waals surface area contributed by atoms with Crippen molar-refractivity contribution >= 4 is 0 Å². The fraction of sp³-hybridized carbons (Fsp3) is 0.500. The largest absolute Gasteiger partial charge is 1.00 e. The van der Waals surface area contributed by atoms with Crippen LogP contribution in [-0.4, -0.2) is 0 Å². The van der Waals surface area contributed by atoms with Crippen LogP contribution in [0, 0.1) is 13.8 Å². The quantitative estimate of drug-likeness (QED) is 0.281. The van der Waals surface area contributed by atoms with Gasteiger partial charge in [-0.05, 0) is 0 Å². The molecule has 0 N–H and O–H groups in total. The van der Waals surface area contributed by atoms with Crippen molar-refractivity contribution < 1.29 is 35.9 Å². The van der Waals surface area contributed by atoms with E-state index in [0.29, 0.717) is 0 Å². The van der Waals surface area contributed by atoms with Gasteiger partial charge in [-0.2, -0.15) is 13.8 Å². The standard InChI is InChI=1S/2C2H5.Cu.Li/c2*1-2;;/h2*1H2,2H3;;/q2*-1;2*+1. The molecule has 0 aliphatic carbocycles. The van der Waals surface area contributed by atoms with Crippen LogP contribution >= 0.6 is 0 Å². The second kappa shape index (κ2) is 128. The van der Waals surface area contributed by atoms with E-state index in [1.54, 1.807) is 13.8 Å². The molecule has 0 fully saturated rings. The molecule has 0 nitrogen and oxygen atoms in total. The van der Waals surface area contributed by atoms with Gasteiger partial charge >= 0.3 is 35.9 Å². The summed E-state index contributed by atoms with van der Waals surface area (Å²) in [6.45, 7) is 10.0. The molecule has 0 spiro atoms. The summed E-state index contributed by atoms with van der Waals surface area (Å²) < 4.78 is 0. The van der Waals surface area contributed by atoms with Crippen molar-refractivity contribution in [2.24, 2.45) is 0 Å². The summed E-state index contributed by atoms with van der Waals surface area (Å²) in [5.41, 5.74) is 0. The summed E-state index contributed by atoms with van der Waals surface area (Å²) in [5.74, 6) is 0. The molecule has 2 heteroatoms. The third-order valence-corrected chi connectivity index (χ3v) is 0. The molecule has 0 aliphatic rings. The molecule has 0 saturated carbocycles. The van der Waals surface area contributed by atoms with Crippen molar-refractivity contribution in [3.05, 3.63) is 13.8 Å². The topological polar surface area (TPSA) is 0 Å². The van der Waals surface area contributed by atoms with Crippen molar-refractivity contribution in [3.8, 4) is 0 Å². The Labute approximate surface area is 63.7 Å². The average Bonchev–Trinajstić information content (AvgIpc) is 1.50. The fourth-order valence-corrected chi connectivity index (χ4v) is 0. The summed E-state index contributed by atoms with van der Waals surface area (Å²) in [6.07, 6.45) is 0. The summed E-state index contributed by atoms with van der Waals surface area (Å²) in [4.78, 5) is 0. The Kier molecular flexibility index (Phi) is 587. The zero-order chi connectivity index (χ0) is 4.00. The molecule has 0 aromatic heterocycles. The first-order valence-corrected chi connectivity index (χ1v) is 1.41. The maximum Gasteiger partial charge on any atom is 1.00 e. The van der Waals surface area contributed by atoms with E-state index in [4.69, 9.17) is 0 Å². The Hall–Kier alpha value is 1.12. The smallest absolute Gasteiger partial charge is 0.346 e. The Morgan fingerprint density at radius 3 is 0.833 bits per heavy atom. The van der Waals surface area contributed by atoms with Gasteiger partial charge in [0.1, 0.15) is 0 Å². The Balaban J connectivity index is -0.00000000500. The van der Waals surface area contributed by atoms with Crippen molar-refractivity contribution in [2.45, 2.75) is 13.8 Å². The Morgan fingerprint density at radius 1 is 0.833 bits per heavy atom. The molecule has 0 amide bonds. The van der Waals surface area contributed by atoms with E-state index in [1.165, 1.54) is 0 Å². The first kappa shape index (κ1) is 27.4. The van der Waals surface area contributed by atoms with Crippen molar-refractivity contribution in [2.75, 3.05) is 0 Å². The SMILES string of the molecule is [CH2-]C.[CH2-]C.[Cu+].[Li+]. The Morgan fingerprint density at radius 2 is 0.833 bits per heavy atom. The van der Waals surface area contributed by atoms with E-state index in [0.717, 1.165) is 0 Å². The fourth-order valence-electron chi connectivity index (χ4n) is 0. The first-order chi connectivity index (χ1) is 2.00. The predicted octanol–water partition coefficient (Wildman–Crippen LogP) is -1.32. The van der Waals surface area contributed by atoms with E-state index >= 15 is 0 Å². The predicted molar refractivity (Wildman–Crippen MR) is 22.1 cm³/mol. The van der Waals surface area contributed by atoms with Crippen LogP contribution in [0.3, 0.4) is 0 Å². The van der Waals surface area contributed by atoms with Crippen LogP contribution in [0.15, 0.2) is 0 Å². The molecule has 0 radical (unpaired) electrons. The molecule has 0 aromatic rings. The summed E-state index contributed by atoms with van der Waals surface area (Å²) in [7, 11) is 0. The summed E-state index contributed by atoms with van der Waals surface area (Å²) >= 11 is 0. The average molecular weight is 129 g/mol. The number of hydrogen-bond donors (Lipinski definition) is 0. The van der Waals surface area contributed by atoms with Crippen LogP contribution in [-0.2, 0) is 17.1 Å². The monoisotopic (exact) mass is 128 g/mol. The van der Waals surface area contributed by atoms with E-state index in [1.807, 2.05) is 0 Å². The van der Waals surface area contributed by atoms with Crippen LogP contribution in [0.5, 0.6) is 0 Å². The molecule has 0 unspecified atom stereocenters. The van der Waals surface area contributed by atoms with Crippen LogP contribution in [0.4, 0.5) is 0 Å². The van der Waals surface area contributed by atoms with Crippen LogP contribution in [0.2, 0.25) is 0 Å². The number of hydrogen-bond acceptors (Lipinski definition) is 0. The molecule has 0 atom stereocenters. The molecule has 0 bridgehead atoms. The maximum absolute atomic E-state index is 3.25. The van der Waals surface area contributed by atoms with Gasteiger partial charge in [0.05, 0.1) is 0 Å². The zero-order valence-corrected chi connectivity index (χ0v) is 5.66. The Bertz CT molecular complexity index is 7.51. The summed E-state index contributed by atoms with van der Waals surface area (Å²) in [6, 6.07) is 0. The van der Waals surface area contributed by atoms with Gasteiger partial charge in [-0.15, -0.1) is 0 Å². The van der Waals surface area contributed by atoms with E-state index in [9.17, 15) is 0 Å². The molecular formula is C4H10CuLi. The van der Waals surface area contributed by atoms with Crippen LogP contribution in [0.1, 0.15) is 13.8 Å². The zero-order valence-electron chi connectivity index (χ0n) is 4.72. The van der Waals surface area contributed by atoms with Gasteiger partial charge in [-0.3, -0.25) is 0 Å². The molecule has 0 aliphatic heterocycles. The normalized spacial score (nSPS) is 2.00. The number of rotatable bonds is 0. The van der Waals surface area contributed by atoms with E-state index in [2.05, 4.69) is 13.8 Å². The van der Waals surface area contributed by atoms with Gasteiger partial charge in [0, 0.05) is 0 Å². The third kappa shape index (κ3) is 69.5. The van der Waals surface area contributed by atoms with Gasteiger partial charge in [-0.1, -0.05) is 0 Å².